The SMILES string of the molecule is CCOc1cc(/C=C2\SC(=S)N(CC(C)C)C2=O)cc(Br)c1OCc1ccc(Cl)c(Cl)c1. The first-order valence-electron chi connectivity index (χ1n) is 9.98. The van der Waals surface area contributed by atoms with Gasteiger partial charge < -0.3 is 9.47 Å². The van der Waals surface area contributed by atoms with Gasteiger partial charge in [-0.3, -0.25) is 9.69 Å². The number of carbonyl (C=O) groups excluding carboxylic acids is 1. The Kier molecular flexibility index (Phi) is 8.92. The summed E-state index contributed by atoms with van der Waals surface area (Å²) in [7, 11) is 0. The fraction of sp³-hybridized carbons (Fsp3) is 0.304. The van der Waals surface area contributed by atoms with Crippen molar-refractivity contribution in [3.63, 3.8) is 0 Å². The molecular weight excluding hydrogens is 553 g/mol. The Morgan fingerprint density at radius 1 is 1.19 bits per heavy atom. The highest BCUT2D eigenvalue weighted by Crippen LogP contribution is 2.40. The molecule has 0 saturated carbocycles. The molecule has 0 N–H and O–H groups in total. The van der Waals surface area contributed by atoms with E-state index in [4.69, 9.17) is 44.9 Å². The Hall–Kier alpha value is -1.25. The van der Waals surface area contributed by atoms with Crippen molar-refractivity contribution < 1.29 is 14.3 Å². The van der Waals surface area contributed by atoms with Crippen LogP contribution in [0.25, 0.3) is 6.08 Å². The molecule has 9 heteroatoms. The van der Waals surface area contributed by atoms with E-state index in [1.54, 1.807) is 17.0 Å². The second-order valence-corrected chi connectivity index (χ2v) is 10.8. The average molecular weight is 575 g/mol. The van der Waals surface area contributed by atoms with Crippen molar-refractivity contribution in [2.75, 3.05) is 13.2 Å². The van der Waals surface area contributed by atoms with Crippen LogP contribution in [0.15, 0.2) is 39.7 Å². The van der Waals surface area contributed by atoms with Crippen LogP contribution in [0.1, 0.15) is 31.9 Å². The number of carbonyl (C=O) groups is 1. The summed E-state index contributed by atoms with van der Waals surface area (Å²) in [6, 6.07) is 9.11. The average Bonchev–Trinajstić information content (AvgIpc) is 2.97. The van der Waals surface area contributed by atoms with Gasteiger partial charge in [0.1, 0.15) is 10.9 Å². The molecular formula is C23H22BrCl2NO3S2. The first kappa shape index (κ1) is 25.4. The largest absolute Gasteiger partial charge is 0.490 e. The van der Waals surface area contributed by atoms with Crippen molar-refractivity contribution >= 4 is 79.4 Å². The maximum atomic E-state index is 12.8. The number of thioether (sulfide) groups is 1. The van der Waals surface area contributed by atoms with Crippen molar-refractivity contribution in [1.29, 1.82) is 0 Å². The maximum Gasteiger partial charge on any atom is 0.266 e. The number of nitrogens with zero attached hydrogens (tertiary/aromatic N) is 1. The van der Waals surface area contributed by atoms with Gasteiger partial charge in [0, 0.05) is 6.54 Å². The summed E-state index contributed by atoms with van der Waals surface area (Å²) in [4.78, 5) is 15.0. The summed E-state index contributed by atoms with van der Waals surface area (Å²) < 4.78 is 13.1. The van der Waals surface area contributed by atoms with E-state index in [0.29, 0.717) is 60.9 Å². The van der Waals surface area contributed by atoms with Gasteiger partial charge in [0.15, 0.2) is 11.5 Å². The Morgan fingerprint density at radius 3 is 2.59 bits per heavy atom. The molecule has 1 fully saturated rings. The molecule has 2 aromatic rings. The summed E-state index contributed by atoms with van der Waals surface area (Å²) in [5.41, 5.74) is 1.69. The molecule has 0 aliphatic carbocycles. The highest BCUT2D eigenvalue weighted by atomic mass is 79.9. The molecule has 0 unspecified atom stereocenters. The van der Waals surface area contributed by atoms with Gasteiger partial charge in [0.25, 0.3) is 5.91 Å². The van der Waals surface area contributed by atoms with Crippen molar-refractivity contribution in [3.8, 4) is 11.5 Å². The molecule has 1 amide bonds. The van der Waals surface area contributed by atoms with Crippen molar-refractivity contribution in [2.24, 2.45) is 5.92 Å². The lowest BCUT2D eigenvalue weighted by Crippen LogP contribution is -2.31. The predicted molar refractivity (Wildman–Crippen MR) is 141 cm³/mol. The van der Waals surface area contributed by atoms with E-state index >= 15 is 0 Å². The molecule has 4 nitrogen and oxygen atoms in total. The van der Waals surface area contributed by atoms with E-state index < -0.39 is 0 Å². The van der Waals surface area contributed by atoms with Gasteiger partial charge in [-0.2, -0.15) is 0 Å². The normalized spacial score (nSPS) is 15.2. The Balaban J connectivity index is 1.85. The molecule has 1 aliphatic heterocycles. The van der Waals surface area contributed by atoms with Gasteiger partial charge in [-0.15, -0.1) is 0 Å². The lowest BCUT2D eigenvalue weighted by molar-refractivity contribution is -0.122. The third-order valence-corrected chi connectivity index (χ3v) is 7.12. The molecule has 170 valence electrons. The third-order valence-electron chi connectivity index (χ3n) is 4.42. The van der Waals surface area contributed by atoms with Crippen molar-refractivity contribution in [1.82, 2.24) is 4.90 Å². The van der Waals surface area contributed by atoms with Gasteiger partial charge >= 0.3 is 0 Å². The Labute approximate surface area is 216 Å². The van der Waals surface area contributed by atoms with E-state index in [1.165, 1.54) is 11.8 Å². The zero-order valence-electron chi connectivity index (χ0n) is 17.8. The Bertz CT molecular complexity index is 1080. The number of halogens is 3. The summed E-state index contributed by atoms with van der Waals surface area (Å²) in [5, 5.41) is 0.969. The van der Waals surface area contributed by atoms with E-state index in [1.807, 2.05) is 31.2 Å². The molecule has 0 atom stereocenters. The fourth-order valence-corrected chi connectivity index (χ4v) is 5.20. The second-order valence-electron chi connectivity index (χ2n) is 7.49. The van der Waals surface area contributed by atoms with Crippen LogP contribution in [-0.4, -0.2) is 28.3 Å². The minimum atomic E-state index is -0.0669. The zero-order valence-corrected chi connectivity index (χ0v) is 22.5. The van der Waals surface area contributed by atoms with Gasteiger partial charge in [-0.05, 0) is 70.2 Å². The lowest BCUT2D eigenvalue weighted by Gasteiger charge is -2.16. The smallest absolute Gasteiger partial charge is 0.266 e. The minimum Gasteiger partial charge on any atom is -0.490 e. The number of thiocarbonyl (C=S) groups is 1. The first-order valence-corrected chi connectivity index (χ1v) is 12.7. The quantitative estimate of drug-likeness (QED) is 0.240. The summed E-state index contributed by atoms with van der Waals surface area (Å²) in [6.45, 7) is 7.39. The van der Waals surface area contributed by atoms with Gasteiger partial charge in [0.2, 0.25) is 0 Å². The lowest BCUT2D eigenvalue weighted by atomic mass is 10.1. The van der Waals surface area contributed by atoms with Crippen molar-refractivity contribution in [3.05, 3.63) is 60.9 Å². The number of hydrogen-bond acceptors (Lipinski definition) is 5. The zero-order chi connectivity index (χ0) is 23.4. The molecule has 0 bridgehead atoms. The summed E-state index contributed by atoms with van der Waals surface area (Å²) >= 11 is 22.4. The van der Waals surface area contributed by atoms with E-state index in [-0.39, 0.29) is 5.91 Å². The summed E-state index contributed by atoms with van der Waals surface area (Å²) in [5.74, 6) is 1.42. The second kappa shape index (κ2) is 11.3. The van der Waals surface area contributed by atoms with Crippen LogP contribution in [0.2, 0.25) is 10.0 Å². The number of ether oxygens (including phenoxy) is 2. The predicted octanol–water partition coefficient (Wildman–Crippen LogP) is 7.59. The van der Waals surface area contributed by atoms with Crippen LogP contribution in [0.4, 0.5) is 0 Å². The topological polar surface area (TPSA) is 38.8 Å². The third kappa shape index (κ3) is 6.20. The molecule has 3 rings (SSSR count). The fourth-order valence-electron chi connectivity index (χ4n) is 3.03. The van der Waals surface area contributed by atoms with Crippen LogP contribution >= 0.6 is 63.1 Å². The molecule has 1 heterocycles. The van der Waals surface area contributed by atoms with Gasteiger partial charge in [-0.25, -0.2) is 0 Å². The van der Waals surface area contributed by atoms with Crippen molar-refractivity contribution in [2.45, 2.75) is 27.4 Å². The molecule has 2 aromatic carbocycles. The number of rotatable bonds is 8. The molecule has 1 saturated heterocycles. The van der Waals surface area contributed by atoms with E-state index in [9.17, 15) is 4.79 Å². The molecule has 1 aliphatic rings. The standard InChI is InChI=1S/C23H22BrCl2NO3S2/c1-4-29-19-9-15(10-20-22(28)27(11-13(2)3)23(31)32-20)7-16(24)21(19)30-12-14-5-6-17(25)18(26)8-14/h5-10,13H,4,11-12H2,1-3H3/b20-10-. The summed E-state index contributed by atoms with van der Waals surface area (Å²) in [6.07, 6.45) is 1.83. The number of hydrogen-bond donors (Lipinski definition) is 0. The maximum absolute atomic E-state index is 12.8. The van der Waals surface area contributed by atoms with Crippen LogP contribution in [0.5, 0.6) is 11.5 Å². The minimum absolute atomic E-state index is 0.0669. The Morgan fingerprint density at radius 2 is 1.94 bits per heavy atom. The van der Waals surface area contributed by atoms with Crippen LogP contribution in [-0.2, 0) is 11.4 Å². The van der Waals surface area contributed by atoms with Gasteiger partial charge in [0.05, 0.1) is 26.0 Å². The monoisotopic (exact) mass is 573 g/mol. The van der Waals surface area contributed by atoms with E-state index in [0.717, 1.165) is 11.1 Å². The molecule has 0 spiro atoms. The number of benzene rings is 2. The van der Waals surface area contributed by atoms with Crippen LogP contribution in [0.3, 0.4) is 0 Å². The van der Waals surface area contributed by atoms with Crippen LogP contribution in [0, 0.1) is 5.92 Å². The highest BCUT2D eigenvalue weighted by molar-refractivity contribution is 9.10. The molecule has 0 aromatic heterocycles. The first-order chi connectivity index (χ1) is 15.2. The van der Waals surface area contributed by atoms with E-state index in [2.05, 4.69) is 29.8 Å². The van der Waals surface area contributed by atoms with Gasteiger partial charge in [-0.1, -0.05) is 67.1 Å². The molecule has 32 heavy (non-hydrogen) atoms. The van der Waals surface area contributed by atoms with Crippen LogP contribution < -0.4 is 9.47 Å². The molecule has 0 radical (unpaired) electrons. The highest BCUT2D eigenvalue weighted by Gasteiger charge is 2.32. The number of amides is 1.